The van der Waals surface area contributed by atoms with Gasteiger partial charge in [0, 0.05) is 25.5 Å². The largest absolute Gasteiger partial charge is 0.354 e. The van der Waals surface area contributed by atoms with Crippen molar-refractivity contribution in [1.82, 2.24) is 14.5 Å². The Morgan fingerprint density at radius 2 is 2.00 bits per heavy atom. The average Bonchev–Trinajstić information content (AvgIpc) is 2.78. The topological polar surface area (TPSA) is 33.1 Å². The van der Waals surface area contributed by atoms with Crippen LogP contribution in [0.25, 0.3) is 0 Å². The van der Waals surface area contributed by atoms with Crippen LogP contribution in [0.1, 0.15) is 5.56 Å². The Hall–Kier alpha value is -1.81. The van der Waals surface area contributed by atoms with E-state index in [1.54, 1.807) is 0 Å². The summed E-state index contributed by atoms with van der Waals surface area (Å²) < 4.78 is 2.13. The standard InChI is InChI=1S/C14H20N4/c1-17(2)10-8-15-14-16-9-11-18(14)12-13-6-4-3-5-7-13/h3-7,9,11H,8,10,12H2,1-2H3,(H,15,16). The summed E-state index contributed by atoms with van der Waals surface area (Å²) in [5.74, 6) is 0.931. The molecular weight excluding hydrogens is 224 g/mol. The van der Waals surface area contributed by atoms with E-state index >= 15 is 0 Å². The van der Waals surface area contributed by atoms with E-state index in [9.17, 15) is 0 Å². The van der Waals surface area contributed by atoms with Crippen molar-refractivity contribution >= 4 is 5.95 Å². The quantitative estimate of drug-likeness (QED) is 0.842. The summed E-state index contributed by atoms with van der Waals surface area (Å²) in [4.78, 5) is 6.49. The summed E-state index contributed by atoms with van der Waals surface area (Å²) in [5.41, 5.74) is 1.28. The Kier molecular flexibility index (Phi) is 4.36. The number of hydrogen-bond acceptors (Lipinski definition) is 3. The van der Waals surface area contributed by atoms with Crippen LogP contribution in [0, 0.1) is 0 Å². The highest BCUT2D eigenvalue weighted by atomic mass is 15.2. The summed E-state index contributed by atoms with van der Waals surface area (Å²) >= 11 is 0. The second kappa shape index (κ2) is 6.21. The first-order valence-corrected chi connectivity index (χ1v) is 6.19. The molecule has 4 heteroatoms. The maximum absolute atomic E-state index is 4.34. The molecule has 0 amide bonds. The molecule has 96 valence electrons. The van der Waals surface area contributed by atoms with Gasteiger partial charge in [-0.15, -0.1) is 0 Å². The van der Waals surface area contributed by atoms with Crippen molar-refractivity contribution in [2.75, 3.05) is 32.5 Å². The lowest BCUT2D eigenvalue weighted by atomic mass is 10.2. The molecule has 1 aromatic heterocycles. The molecule has 1 N–H and O–H groups in total. The highest BCUT2D eigenvalue weighted by Crippen LogP contribution is 2.08. The van der Waals surface area contributed by atoms with E-state index in [-0.39, 0.29) is 0 Å². The molecule has 0 saturated carbocycles. The van der Waals surface area contributed by atoms with E-state index in [0.717, 1.165) is 25.6 Å². The minimum atomic E-state index is 0.852. The molecule has 0 spiro atoms. The fraction of sp³-hybridized carbons (Fsp3) is 0.357. The Labute approximate surface area is 108 Å². The van der Waals surface area contributed by atoms with E-state index in [0.29, 0.717) is 0 Å². The number of imidazole rings is 1. The second-order valence-corrected chi connectivity index (χ2v) is 4.59. The Bertz CT molecular complexity index is 462. The maximum atomic E-state index is 4.34. The van der Waals surface area contributed by atoms with E-state index in [2.05, 4.69) is 58.1 Å². The Balaban J connectivity index is 1.95. The van der Waals surface area contributed by atoms with Gasteiger partial charge in [-0.1, -0.05) is 30.3 Å². The van der Waals surface area contributed by atoms with Gasteiger partial charge in [0.15, 0.2) is 0 Å². The zero-order chi connectivity index (χ0) is 12.8. The smallest absolute Gasteiger partial charge is 0.203 e. The van der Waals surface area contributed by atoms with Crippen LogP contribution in [0.15, 0.2) is 42.7 Å². The van der Waals surface area contributed by atoms with Crippen molar-refractivity contribution in [3.8, 4) is 0 Å². The van der Waals surface area contributed by atoms with Gasteiger partial charge in [0.25, 0.3) is 0 Å². The number of rotatable bonds is 6. The minimum absolute atomic E-state index is 0.852. The summed E-state index contributed by atoms with van der Waals surface area (Å²) in [6.45, 7) is 2.75. The minimum Gasteiger partial charge on any atom is -0.354 e. The lowest BCUT2D eigenvalue weighted by molar-refractivity contribution is 0.424. The number of nitrogens with one attached hydrogen (secondary N) is 1. The number of anilines is 1. The highest BCUT2D eigenvalue weighted by Gasteiger charge is 2.02. The number of hydrogen-bond donors (Lipinski definition) is 1. The molecule has 0 bridgehead atoms. The maximum Gasteiger partial charge on any atom is 0.203 e. The summed E-state index contributed by atoms with van der Waals surface area (Å²) in [6.07, 6.45) is 3.84. The fourth-order valence-corrected chi connectivity index (χ4v) is 1.78. The normalized spacial score (nSPS) is 10.8. The van der Waals surface area contributed by atoms with Crippen LogP contribution in [0.2, 0.25) is 0 Å². The lowest BCUT2D eigenvalue weighted by Crippen LogP contribution is -2.22. The molecule has 2 rings (SSSR count). The number of benzene rings is 1. The highest BCUT2D eigenvalue weighted by molar-refractivity contribution is 5.28. The van der Waals surface area contributed by atoms with Crippen molar-refractivity contribution in [2.24, 2.45) is 0 Å². The monoisotopic (exact) mass is 244 g/mol. The van der Waals surface area contributed by atoms with Crippen molar-refractivity contribution < 1.29 is 0 Å². The Morgan fingerprint density at radius 3 is 2.72 bits per heavy atom. The molecule has 0 aliphatic heterocycles. The third-order valence-electron chi connectivity index (χ3n) is 2.75. The molecule has 0 atom stereocenters. The molecule has 0 aliphatic carbocycles. The van der Waals surface area contributed by atoms with Gasteiger partial charge < -0.3 is 14.8 Å². The average molecular weight is 244 g/mol. The molecule has 0 unspecified atom stereocenters. The number of nitrogens with zero attached hydrogens (tertiary/aromatic N) is 3. The lowest BCUT2D eigenvalue weighted by Gasteiger charge is -2.12. The first-order valence-electron chi connectivity index (χ1n) is 6.19. The predicted molar refractivity (Wildman–Crippen MR) is 74.8 cm³/mol. The summed E-state index contributed by atoms with van der Waals surface area (Å²) in [7, 11) is 4.14. The molecule has 1 heterocycles. The third-order valence-corrected chi connectivity index (χ3v) is 2.75. The second-order valence-electron chi connectivity index (χ2n) is 4.59. The van der Waals surface area contributed by atoms with Crippen molar-refractivity contribution in [1.29, 1.82) is 0 Å². The van der Waals surface area contributed by atoms with Gasteiger partial charge in [0.2, 0.25) is 5.95 Å². The van der Waals surface area contributed by atoms with Gasteiger partial charge in [-0.25, -0.2) is 4.98 Å². The van der Waals surface area contributed by atoms with Gasteiger partial charge in [-0.3, -0.25) is 0 Å². The van der Waals surface area contributed by atoms with E-state index in [1.807, 2.05) is 18.5 Å². The molecular formula is C14H20N4. The van der Waals surface area contributed by atoms with Gasteiger partial charge in [0.1, 0.15) is 0 Å². The number of likely N-dealkylation sites (N-methyl/N-ethyl adjacent to an activating group) is 1. The zero-order valence-corrected chi connectivity index (χ0v) is 11.0. The molecule has 0 radical (unpaired) electrons. The zero-order valence-electron chi connectivity index (χ0n) is 11.0. The van der Waals surface area contributed by atoms with Crippen LogP contribution in [0.4, 0.5) is 5.95 Å². The van der Waals surface area contributed by atoms with Crippen LogP contribution in [0.5, 0.6) is 0 Å². The molecule has 0 aliphatic rings. The van der Waals surface area contributed by atoms with Crippen molar-refractivity contribution in [2.45, 2.75) is 6.54 Å². The van der Waals surface area contributed by atoms with Crippen LogP contribution >= 0.6 is 0 Å². The first kappa shape index (κ1) is 12.6. The summed E-state index contributed by atoms with van der Waals surface area (Å²) in [6, 6.07) is 10.4. The van der Waals surface area contributed by atoms with Crippen LogP contribution in [-0.4, -0.2) is 41.6 Å². The molecule has 0 saturated heterocycles. The predicted octanol–water partition coefficient (Wildman–Crippen LogP) is 1.90. The van der Waals surface area contributed by atoms with Crippen molar-refractivity contribution in [3.05, 3.63) is 48.3 Å². The summed E-state index contributed by atoms with van der Waals surface area (Å²) in [5, 5.41) is 3.36. The van der Waals surface area contributed by atoms with Gasteiger partial charge in [-0.05, 0) is 19.7 Å². The fourth-order valence-electron chi connectivity index (χ4n) is 1.78. The first-order chi connectivity index (χ1) is 8.75. The molecule has 0 fully saturated rings. The van der Waals surface area contributed by atoms with Gasteiger partial charge >= 0.3 is 0 Å². The SMILES string of the molecule is CN(C)CCNc1nccn1Cc1ccccc1. The van der Waals surface area contributed by atoms with E-state index in [4.69, 9.17) is 0 Å². The van der Waals surface area contributed by atoms with Gasteiger partial charge in [-0.2, -0.15) is 0 Å². The van der Waals surface area contributed by atoms with Gasteiger partial charge in [0.05, 0.1) is 6.54 Å². The molecule has 1 aromatic carbocycles. The molecule has 18 heavy (non-hydrogen) atoms. The Morgan fingerprint density at radius 1 is 1.22 bits per heavy atom. The molecule has 4 nitrogen and oxygen atoms in total. The van der Waals surface area contributed by atoms with E-state index in [1.165, 1.54) is 5.56 Å². The van der Waals surface area contributed by atoms with Crippen molar-refractivity contribution in [3.63, 3.8) is 0 Å². The van der Waals surface area contributed by atoms with Crippen LogP contribution < -0.4 is 5.32 Å². The van der Waals surface area contributed by atoms with Crippen LogP contribution in [-0.2, 0) is 6.54 Å². The number of aromatic nitrogens is 2. The van der Waals surface area contributed by atoms with Crippen LogP contribution in [0.3, 0.4) is 0 Å². The van der Waals surface area contributed by atoms with E-state index < -0.39 is 0 Å². The molecule has 2 aromatic rings. The third kappa shape index (κ3) is 3.60.